The molecule has 2 rings (SSSR count). The summed E-state index contributed by atoms with van der Waals surface area (Å²) in [4.78, 5) is 19.7. The van der Waals surface area contributed by atoms with E-state index in [1.165, 1.54) is 0 Å². The van der Waals surface area contributed by atoms with E-state index in [4.69, 9.17) is 23.2 Å². The van der Waals surface area contributed by atoms with Crippen LogP contribution in [0.3, 0.4) is 0 Å². The second-order valence-electron chi connectivity index (χ2n) is 3.98. The maximum Gasteiger partial charge on any atom is 0.270 e. The number of halogens is 2. The molecule has 0 fully saturated rings. The third kappa shape index (κ3) is 3.91. The van der Waals surface area contributed by atoms with Crippen molar-refractivity contribution in [2.45, 2.75) is 13.5 Å². The molecular weight excluding hydrogens is 285 g/mol. The van der Waals surface area contributed by atoms with Crippen LogP contribution in [0, 0.1) is 6.92 Å². The van der Waals surface area contributed by atoms with Crippen molar-refractivity contribution in [3.05, 3.63) is 57.6 Å². The summed E-state index contributed by atoms with van der Waals surface area (Å²) in [5, 5.41) is 3.45. The number of carbonyl (C=O) groups is 1. The second-order valence-corrected chi connectivity index (χ2v) is 4.75. The lowest BCUT2D eigenvalue weighted by Gasteiger charge is -2.06. The van der Waals surface area contributed by atoms with Gasteiger partial charge in [0.05, 0.1) is 0 Å². The molecule has 1 N–H and O–H groups in total. The van der Waals surface area contributed by atoms with E-state index < -0.39 is 0 Å². The van der Waals surface area contributed by atoms with Gasteiger partial charge >= 0.3 is 0 Å². The van der Waals surface area contributed by atoms with Gasteiger partial charge in [-0.2, -0.15) is 0 Å². The number of amides is 1. The number of carbonyl (C=O) groups excluding carboxylic acids is 1. The maximum absolute atomic E-state index is 11.9. The third-order valence-electron chi connectivity index (χ3n) is 2.40. The van der Waals surface area contributed by atoms with E-state index in [1.807, 2.05) is 12.1 Å². The van der Waals surface area contributed by atoms with Crippen molar-refractivity contribution in [1.29, 1.82) is 0 Å². The van der Waals surface area contributed by atoms with Crippen LogP contribution in [0.25, 0.3) is 0 Å². The Balaban J connectivity index is 2.05. The molecule has 0 spiro atoms. The zero-order chi connectivity index (χ0) is 13.8. The predicted molar refractivity (Wildman–Crippen MR) is 74.4 cm³/mol. The fraction of sp³-hybridized carbons (Fsp3) is 0.154. The van der Waals surface area contributed by atoms with Crippen LogP contribution in [0.1, 0.15) is 21.7 Å². The zero-order valence-electron chi connectivity index (χ0n) is 10.2. The molecule has 0 radical (unpaired) electrons. The van der Waals surface area contributed by atoms with E-state index in [0.29, 0.717) is 17.3 Å². The van der Waals surface area contributed by atoms with Gasteiger partial charge in [-0.25, -0.2) is 9.97 Å². The average Bonchev–Trinajstić information content (AvgIpc) is 2.35. The molecule has 1 amide bonds. The minimum atomic E-state index is -0.299. The van der Waals surface area contributed by atoms with E-state index in [9.17, 15) is 4.79 Å². The molecule has 0 aliphatic heterocycles. The molecule has 0 aliphatic carbocycles. The van der Waals surface area contributed by atoms with E-state index in [-0.39, 0.29) is 16.9 Å². The van der Waals surface area contributed by atoms with Crippen molar-refractivity contribution in [1.82, 2.24) is 15.3 Å². The van der Waals surface area contributed by atoms with Crippen LogP contribution in [-0.4, -0.2) is 15.9 Å². The lowest BCUT2D eigenvalue weighted by Crippen LogP contribution is -2.24. The number of hydrogen-bond donors (Lipinski definition) is 1. The Morgan fingerprint density at radius 2 is 2.05 bits per heavy atom. The summed E-state index contributed by atoms with van der Waals surface area (Å²) in [6.07, 6.45) is 0. The fourth-order valence-electron chi connectivity index (χ4n) is 1.57. The van der Waals surface area contributed by atoms with Crippen molar-refractivity contribution < 1.29 is 4.79 Å². The van der Waals surface area contributed by atoms with Crippen LogP contribution in [0.5, 0.6) is 0 Å². The van der Waals surface area contributed by atoms with Gasteiger partial charge in [-0.3, -0.25) is 4.79 Å². The molecule has 0 bridgehead atoms. The van der Waals surface area contributed by atoms with Gasteiger partial charge in [-0.15, -0.1) is 0 Å². The Labute approximate surface area is 120 Å². The van der Waals surface area contributed by atoms with Crippen molar-refractivity contribution in [3.8, 4) is 0 Å². The second kappa shape index (κ2) is 5.99. The first kappa shape index (κ1) is 13.8. The van der Waals surface area contributed by atoms with Gasteiger partial charge < -0.3 is 5.32 Å². The summed E-state index contributed by atoms with van der Waals surface area (Å²) in [6.45, 7) is 2.13. The topological polar surface area (TPSA) is 54.9 Å². The average molecular weight is 296 g/mol. The van der Waals surface area contributed by atoms with E-state index in [2.05, 4.69) is 15.3 Å². The van der Waals surface area contributed by atoms with E-state index >= 15 is 0 Å². The minimum absolute atomic E-state index is 0.0629. The minimum Gasteiger partial charge on any atom is -0.347 e. The molecule has 2 aromatic rings. The highest BCUT2D eigenvalue weighted by atomic mass is 35.5. The van der Waals surface area contributed by atoms with Crippen LogP contribution in [-0.2, 0) is 6.54 Å². The van der Waals surface area contributed by atoms with Crippen molar-refractivity contribution in [2.75, 3.05) is 0 Å². The predicted octanol–water partition coefficient (Wildman–Crippen LogP) is 3.02. The van der Waals surface area contributed by atoms with Crippen LogP contribution >= 0.6 is 23.2 Å². The number of benzene rings is 1. The Hall–Kier alpha value is -1.65. The molecule has 4 nitrogen and oxygen atoms in total. The number of nitrogens with zero attached hydrogens (tertiary/aromatic N) is 2. The van der Waals surface area contributed by atoms with Gasteiger partial charge in [-0.05, 0) is 42.3 Å². The summed E-state index contributed by atoms with van der Waals surface area (Å²) in [6, 6.07) is 8.86. The third-order valence-corrected chi connectivity index (χ3v) is 2.81. The summed E-state index contributed by atoms with van der Waals surface area (Å²) < 4.78 is 0. The van der Waals surface area contributed by atoms with Crippen molar-refractivity contribution >= 4 is 29.1 Å². The molecule has 1 heterocycles. The largest absolute Gasteiger partial charge is 0.347 e. The fourth-order valence-corrected chi connectivity index (χ4v) is 2.01. The summed E-state index contributed by atoms with van der Waals surface area (Å²) in [5.74, 6) is -0.299. The van der Waals surface area contributed by atoms with Gasteiger partial charge in [0.2, 0.25) is 5.28 Å². The quantitative estimate of drug-likeness (QED) is 0.886. The Bertz CT molecular complexity index is 596. The Morgan fingerprint density at radius 3 is 2.74 bits per heavy atom. The highest BCUT2D eigenvalue weighted by molar-refractivity contribution is 6.30. The first-order valence-corrected chi connectivity index (χ1v) is 6.34. The molecule has 98 valence electrons. The van der Waals surface area contributed by atoms with Gasteiger partial charge in [0.1, 0.15) is 5.69 Å². The van der Waals surface area contributed by atoms with Gasteiger partial charge in [0.25, 0.3) is 5.91 Å². The van der Waals surface area contributed by atoms with E-state index in [0.717, 1.165) is 5.56 Å². The maximum atomic E-state index is 11.9. The van der Waals surface area contributed by atoms with Crippen LogP contribution in [0.2, 0.25) is 10.3 Å². The van der Waals surface area contributed by atoms with Gasteiger partial charge in [0, 0.05) is 17.3 Å². The van der Waals surface area contributed by atoms with Crippen LogP contribution < -0.4 is 5.32 Å². The lowest BCUT2D eigenvalue weighted by molar-refractivity contribution is 0.0945. The number of rotatable bonds is 3. The number of aromatic nitrogens is 2. The monoisotopic (exact) mass is 295 g/mol. The molecule has 0 saturated carbocycles. The van der Waals surface area contributed by atoms with Crippen LogP contribution in [0.4, 0.5) is 0 Å². The van der Waals surface area contributed by atoms with E-state index in [1.54, 1.807) is 25.1 Å². The standard InChI is InChI=1S/C13H11Cl2N3O/c1-8-5-11(18-13(15)17-8)12(19)16-7-9-3-2-4-10(14)6-9/h2-6H,7H2,1H3,(H,16,19). The molecule has 0 atom stereocenters. The molecule has 0 aliphatic rings. The highest BCUT2D eigenvalue weighted by Crippen LogP contribution is 2.11. The summed E-state index contributed by atoms with van der Waals surface area (Å²) in [5.41, 5.74) is 1.81. The molecule has 1 aromatic carbocycles. The number of nitrogens with one attached hydrogen (secondary N) is 1. The van der Waals surface area contributed by atoms with Crippen molar-refractivity contribution in [2.24, 2.45) is 0 Å². The Kier molecular flexibility index (Phi) is 4.35. The highest BCUT2D eigenvalue weighted by Gasteiger charge is 2.09. The summed E-state index contributed by atoms with van der Waals surface area (Å²) >= 11 is 11.6. The zero-order valence-corrected chi connectivity index (χ0v) is 11.7. The molecular formula is C13H11Cl2N3O. The summed E-state index contributed by atoms with van der Waals surface area (Å²) in [7, 11) is 0. The molecule has 1 aromatic heterocycles. The molecule has 0 unspecified atom stereocenters. The Morgan fingerprint density at radius 1 is 1.26 bits per heavy atom. The molecule has 19 heavy (non-hydrogen) atoms. The number of hydrogen-bond acceptors (Lipinski definition) is 3. The lowest BCUT2D eigenvalue weighted by atomic mass is 10.2. The smallest absolute Gasteiger partial charge is 0.270 e. The van der Waals surface area contributed by atoms with Gasteiger partial charge in [0.15, 0.2) is 0 Å². The molecule has 0 saturated heterocycles. The van der Waals surface area contributed by atoms with Crippen LogP contribution in [0.15, 0.2) is 30.3 Å². The van der Waals surface area contributed by atoms with Crippen molar-refractivity contribution in [3.63, 3.8) is 0 Å². The molecule has 6 heteroatoms. The first-order chi connectivity index (χ1) is 9.04. The SMILES string of the molecule is Cc1cc(C(=O)NCc2cccc(Cl)c2)nc(Cl)n1. The normalized spacial score (nSPS) is 10.3. The number of aryl methyl sites for hydroxylation is 1. The first-order valence-electron chi connectivity index (χ1n) is 5.58. The van der Waals surface area contributed by atoms with Gasteiger partial charge in [-0.1, -0.05) is 23.7 Å².